The molecule has 2 aromatic carbocycles. The van der Waals surface area contributed by atoms with E-state index < -0.39 is 5.92 Å². The average Bonchev–Trinajstić information content (AvgIpc) is 2.86. The highest BCUT2D eigenvalue weighted by Crippen LogP contribution is 2.42. The smallest absolute Gasteiger partial charge is 0.163 e. The summed E-state index contributed by atoms with van der Waals surface area (Å²) in [5.41, 5.74) is 3.78. The highest BCUT2D eigenvalue weighted by atomic mass is 16.5. The summed E-state index contributed by atoms with van der Waals surface area (Å²) in [6.45, 7) is 3.94. The summed E-state index contributed by atoms with van der Waals surface area (Å²) in [5, 5.41) is 25.9. The summed E-state index contributed by atoms with van der Waals surface area (Å²) in [5.74, 6) is 0.00442. The van der Waals surface area contributed by atoms with E-state index in [0.29, 0.717) is 34.6 Å². The zero-order chi connectivity index (χ0) is 24.7. The average molecular weight is 461 g/mol. The molecule has 1 aliphatic carbocycles. The number of fused-ring (bicyclic) bond motifs is 1. The van der Waals surface area contributed by atoms with Gasteiger partial charge in [0.1, 0.15) is 22.9 Å². The topological polar surface area (TPSA) is 101 Å². The van der Waals surface area contributed by atoms with Crippen molar-refractivity contribution in [2.75, 3.05) is 14.2 Å². The number of rotatable bonds is 8. The number of methoxy groups -OCH3 is 2. The Labute approximate surface area is 199 Å². The maximum absolute atomic E-state index is 13.5. The molecule has 7 heteroatoms. The second-order valence-corrected chi connectivity index (χ2v) is 7.97. The lowest BCUT2D eigenvalue weighted by molar-refractivity contribution is -0.115. The molecule has 0 fully saturated rings. The van der Waals surface area contributed by atoms with Crippen molar-refractivity contribution in [1.29, 1.82) is 0 Å². The van der Waals surface area contributed by atoms with Gasteiger partial charge in [-0.2, -0.15) is 0 Å². The van der Waals surface area contributed by atoms with Gasteiger partial charge in [0.25, 0.3) is 0 Å². The maximum Gasteiger partial charge on any atom is 0.163 e. The number of benzene rings is 2. The van der Waals surface area contributed by atoms with Gasteiger partial charge < -0.3 is 19.9 Å². The molecule has 0 saturated heterocycles. The molecule has 1 unspecified atom stereocenters. The van der Waals surface area contributed by atoms with Crippen molar-refractivity contribution in [2.24, 2.45) is 10.3 Å². The molecule has 1 aliphatic rings. The predicted octanol–water partition coefficient (Wildman–Crippen LogP) is 5.35. The van der Waals surface area contributed by atoms with E-state index in [-0.39, 0.29) is 17.2 Å². The molecule has 0 amide bonds. The lowest BCUT2D eigenvalue weighted by Gasteiger charge is -2.25. The van der Waals surface area contributed by atoms with Crippen molar-refractivity contribution in [3.63, 3.8) is 0 Å². The standard InChI is InChI=1S/C27H28N2O5/c1-17(2)10-12-19(23(30)15-11-18-8-6-5-7-9-18)20-16-24(33-3)25-21(28-31)13-14-22(29-32)26(25)27(20)34-4/h5-11,13-16,19,31-32H,12H2,1-4H3. The Kier molecular flexibility index (Phi) is 8.03. The first-order valence-electron chi connectivity index (χ1n) is 10.8. The molecule has 0 saturated carbocycles. The number of nitrogens with zero attached hydrogens (tertiary/aromatic N) is 2. The van der Waals surface area contributed by atoms with Crippen LogP contribution in [0.3, 0.4) is 0 Å². The molecule has 3 rings (SSSR count). The van der Waals surface area contributed by atoms with Crippen LogP contribution in [0.15, 0.2) is 76.6 Å². The van der Waals surface area contributed by atoms with Crippen LogP contribution in [-0.2, 0) is 4.79 Å². The molecular formula is C27H28N2O5. The van der Waals surface area contributed by atoms with Crippen LogP contribution in [0.5, 0.6) is 11.5 Å². The Balaban J connectivity index is 2.22. The number of hydrogen-bond donors (Lipinski definition) is 2. The van der Waals surface area contributed by atoms with Crippen LogP contribution < -0.4 is 9.47 Å². The molecule has 7 nitrogen and oxygen atoms in total. The second kappa shape index (κ2) is 11.1. The fourth-order valence-electron chi connectivity index (χ4n) is 3.90. The molecule has 176 valence electrons. The van der Waals surface area contributed by atoms with Gasteiger partial charge in [-0.3, -0.25) is 4.79 Å². The van der Waals surface area contributed by atoms with Gasteiger partial charge in [-0.25, -0.2) is 0 Å². The predicted molar refractivity (Wildman–Crippen MR) is 133 cm³/mol. The van der Waals surface area contributed by atoms with E-state index in [0.717, 1.165) is 11.1 Å². The zero-order valence-corrected chi connectivity index (χ0v) is 19.6. The van der Waals surface area contributed by atoms with Crippen molar-refractivity contribution in [2.45, 2.75) is 26.2 Å². The molecule has 0 bridgehead atoms. The van der Waals surface area contributed by atoms with Crippen molar-refractivity contribution in [1.82, 2.24) is 0 Å². The number of carbonyl (C=O) groups is 1. The number of ether oxygens (including phenoxy) is 2. The van der Waals surface area contributed by atoms with E-state index in [4.69, 9.17) is 9.47 Å². The molecular weight excluding hydrogens is 432 g/mol. The van der Waals surface area contributed by atoms with E-state index in [9.17, 15) is 15.2 Å². The number of allylic oxidation sites excluding steroid dienone is 5. The van der Waals surface area contributed by atoms with Crippen molar-refractivity contribution in [3.8, 4) is 11.5 Å². The van der Waals surface area contributed by atoms with E-state index >= 15 is 0 Å². The molecule has 34 heavy (non-hydrogen) atoms. The summed E-state index contributed by atoms with van der Waals surface area (Å²) in [6, 6.07) is 11.3. The Bertz CT molecular complexity index is 1200. The van der Waals surface area contributed by atoms with Gasteiger partial charge in [0.05, 0.1) is 31.3 Å². The van der Waals surface area contributed by atoms with Crippen LogP contribution in [0, 0.1) is 0 Å². The first-order valence-corrected chi connectivity index (χ1v) is 10.8. The monoisotopic (exact) mass is 460 g/mol. The first kappa shape index (κ1) is 24.5. The number of oxime groups is 2. The molecule has 1 atom stereocenters. The van der Waals surface area contributed by atoms with Crippen LogP contribution >= 0.6 is 0 Å². The Hall–Kier alpha value is -4.13. The van der Waals surface area contributed by atoms with Crippen LogP contribution in [0.25, 0.3) is 6.08 Å². The third kappa shape index (κ3) is 5.09. The highest BCUT2D eigenvalue weighted by molar-refractivity contribution is 6.27. The summed E-state index contributed by atoms with van der Waals surface area (Å²) in [6.07, 6.45) is 8.78. The molecule has 0 heterocycles. The van der Waals surface area contributed by atoms with Gasteiger partial charge >= 0.3 is 0 Å². The summed E-state index contributed by atoms with van der Waals surface area (Å²) in [4.78, 5) is 13.5. The van der Waals surface area contributed by atoms with Crippen molar-refractivity contribution in [3.05, 3.63) is 88.5 Å². The minimum absolute atomic E-state index is 0.119. The first-order chi connectivity index (χ1) is 16.4. The number of hydrogen-bond acceptors (Lipinski definition) is 7. The summed E-state index contributed by atoms with van der Waals surface area (Å²) in [7, 11) is 2.97. The third-order valence-corrected chi connectivity index (χ3v) is 5.54. The lowest BCUT2D eigenvalue weighted by Crippen LogP contribution is -2.20. The molecule has 0 spiro atoms. The summed E-state index contributed by atoms with van der Waals surface area (Å²) >= 11 is 0. The minimum atomic E-state index is -0.593. The van der Waals surface area contributed by atoms with E-state index in [1.807, 2.05) is 50.3 Å². The van der Waals surface area contributed by atoms with Crippen molar-refractivity contribution < 1.29 is 24.7 Å². The van der Waals surface area contributed by atoms with Crippen LogP contribution in [0.4, 0.5) is 0 Å². The Morgan fingerprint density at radius 1 is 1.00 bits per heavy atom. The largest absolute Gasteiger partial charge is 0.496 e. The fourth-order valence-corrected chi connectivity index (χ4v) is 3.90. The molecule has 0 aromatic heterocycles. The van der Waals surface area contributed by atoms with Gasteiger partial charge in [-0.15, -0.1) is 0 Å². The molecule has 2 N–H and O–H groups in total. The third-order valence-electron chi connectivity index (χ3n) is 5.54. The molecule has 0 radical (unpaired) electrons. The molecule has 0 aliphatic heterocycles. The zero-order valence-electron chi connectivity index (χ0n) is 19.6. The van der Waals surface area contributed by atoms with Gasteiger partial charge in [-0.1, -0.05) is 58.4 Å². The van der Waals surface area contributed by atoms with Gasteiger partial charge in [0.2, 0.25) is 0 Å². The van der Waals surface area contributed by atoms with E-state index in [2.05, 4.69) is 10.3 Å². The van der Waals surface area contributed by atoms with Gasteiger partial charge in [-0.05, 0) is 50.1 Å². The van der Waals surface area contributed by atoms with Gasteiger partial charge in [0, 0.05) is 5.56 Å². The van der Waals surface area contributed by atoms with Crippen molar-refractivity contribution >= 4 is 23.3 Å². The number of ketones is 1. The Morgan fingerprint density at radius 3 is 2.21 bits per heavy atom. The second-order valence-electron chi connectivity index (χ2n) is 7.97. The quantitative estimate of drug-likeness (QED) is 0.239. The minimum Gasteiger partial charge on any atom is -0.496 e. The lowest BCUT2D eigenvalue weighted by atomic mass is 9.83. The normalized spacial score (nSPS) is 15.9. The summed E-state index contributed by atoms with van der Waals surface area (Å²) < 4.78 is 11.4. The fraction of sp³-hybridized carbons (Fsp3) is 0.222. The van der Waals surface area contributed by atoms with Crippen LogP contribution in [-0.4, -0.2) is 41.8 Å². The van der Waals surface area contributed by atoms with Crippen LogP contribution in [0.2, 0.25) is 0 Å². The van der Waals surface area contributed by atoms with E-state index in [1.165, 1.54) is 26.4 Å². The van der Waals surface area contributed by atoms with Gasteiger partial charge in [0.15, 0.2) is 5.78 Å². The molecule has 2 aromatic rings. The number of carbonyl (C=O) groups excluding carboxylic acids is 1. The maximum atomic E-state index is 13.5. The van der Waals surface area contributed by atoms with Crippen LogP contribution in [0.1, 0.15) is 48.4 Å². The van der Waals surface area contributed by atoms with E-state index in [1.54, 1.807) is 18.2 Å². The Morgan fingerprint density at radius 2 is 1.65 bits per heavy atom. The SMILES string of the molecule is COc1cc(C(CC=C(C)C)C(=O)C=Cc2ccccc2)c(OC)c2c1C(=NO)C=CC2=NO. The highest BCUT2D eigenvalue weighted by Gasteiger charge is 2.32.